The van der Waals surface area contributed by atoms with Gasteiger partial charge in [0.1, 0.15) is 17.6 Å². The highest BCUT2D eigenvalue weighted by molar-refractivity contribution is 8.77. The van der Waals surface area contributed by atoms with E-state index in [9.17, 15) is 33.6 Å². The highest BCUT2D eigenvalue weighted by atomic mass is 33.1. The van der Waals surface area contributed by atoms with Crippen LogP contribution in [-0.2, 0) is 71.9 Å². The zero-order chi connectivity index (χ0) is 116. The Morgan fingerprint density at radius 2 is 0.875 bits per heavy atom. The number of ether oxygens (including phenoxy) is 1. The van der Waals surface area contributed by atoms with E-state index in [-0.39, 0.29) is 140 Å². The van der Waals surface area contributed by atoms with Gasteiger partial charge in [0.05, 0.1) is 73.0 Å². The number of nitrogens with two attached hydrogens (primary N) is 1. The van der Waals surface area contributed by atoms with Gasteiger partial charge in [-0.25, -0.2) is 9.36 Å². The summed E-state index contributed by atoms with van der Waals surface area (Å²) < 4.78 is 10.3. The normalized spacial score (nSPS) is 17.2. The van der Waals surface area contributed by atoms with Gasteiger partial charge in [-0.3, -0.25) is 48.4 Å². The zero-order valence-corrected chi connectivity index (χ0v) is 110. The molecule has 4 unspecified atom stereocenters. The molecule has 144 heavy (non-hydrogen) atoms. The molecule has 0 bridgehead atoms. The molecular formula is C114H226N14O10S6. The van der Waals surface area contributed by atoms with Gasteiger partial charge in [0.15, 0.2) is 6.61 Å². The average molecular weight is 2150 g/mol. The monoisotopic (exact) mass is 2140 g/mol. The molecule has 0 radical (unpaired) electrons. The third kappa shape index (κ3) is 75.4. The number of carbonyl (C=O) groups is 7. The smallest absolute Gasteiger partial charge is 0.261 e. The van der Waals surface area contributed by atoms with Gasteiger partial charge < -0.3 is 30.4 Å². The molecule has 5 heterocycles. The molecule has 3 aliphatic heterocycles. The predicted molar refractivity (Wildman–Crippen MR) is 636 cm³/mol. The van der Waals surface area contributed by atoms with Crippen LogP contribution in [-0.4, -0.2) is 208 Å². The lowest BCUT2D eigenvalue weighted by Gasteiger charge is -2.36. The van der Waals surface area contributed by atoms with Crippen molar-refractivity contribution in [1.29, 1.82) is 0 Å². The molecule has 2 aromatic heterocycles. The largest absolute Gasteiger partial charge is 0.390 e. The van der Waals surface area contributed by atoms with E-state index < -0.39 is 11.1 Å². The number of Topliss-reactive ketones (excluding diaryl/α,β-unsaturated/α-hetero) is 1. The number of carbonyl (C=O) groups excluding carboxylic acids is 7. The third-order valence-electron chi connectivity index (χ3n) is 18.1. The number of nitrogens with zero attached hydrogens (tertiary/aromatic N) is 12. The van der Waals surface area contributed by atoms with Crippen molar-refractivity contribution in [3.05, 3.63) is 23.8 Å². The summed E-state index contributed by atoms with van der Waals surface area (Å²) in [7, 11) is 5.60. The number of hydrogen-bond acceptors (Lipinski definition) is 23. The molecule has 3 saturated heterocycles. The first kappa shape index (κ1) is 150. The number of fused-ring (bicyclic) bond motifs is 1. The van der Waals surface area contributed by atoms with Gasteiger partial charge in [0.2, 0.25) is 29.5 Å². The first-order valence-electron chi connectivity index (χ1n) is 52.6. The van der Waals surface area contributed by atoms with Crippen LogP contribution >= 0.6 is 68.6 Å². The number of nitrogens with one attached hydrogen (secondary N) is 1. The lowest BCUT2D eigenvalue weighted by molar-refractivity contribution is -0.145. The number of likely N-dealkylation sites (tertiary alicyclic amines) is 3. The van der Waals surface area contributed by atoms with Gasteiger partial charge in [-0.1, -0.05) is 318 Å². The molecule has 848 valence electrons. The molecule has 6 amide bonds. The minimum absolute atomic E-state index is 0.00843. The number of aromatic nitrogens is 6. The van der Waals surface area contributed by atoms with Crippen LogP contribution in [0.15, 0.2) is 27.7 Å². The van der Waals surface area contributed by atoms with E-state index in [0.717, 1.165) is 36.6 Å². The van der Waals surface area contributed by atoms with Crippen LogP contribution in [0.3, 0.4) is 0 Å². The maximum atomic E-state index is 12.4. The Balaban J connectivity index is -0.000000370. The number of aliphatic imine (C=N–C) groups is 1. The van der Waals surface area contributed by atoms with Gasteiger partial charge >= 0.3 is 0 Å². The van der Waals surface area contributed by atoms with Crippen molar-refractivity contribution in [2.75, 3.05) is 25.2 Å². The Hall–Kier alpha value is -4.36. The summed E-state index contributed by atoms with van der Waals surface area (Å²) in [5.74, 6) is 2.95. The molecule has 0 saturated carbocycles. The number of aryl methyl sites for hydroxylation is 1. The second-order valence-corrected chi connectivity index (χ2v) is 67.5. The lowest BCUT2D eigenvalue weighted by Crippen LogP contribution is -2.48. The lowest BCUT2D eigenvalue weighted by atomic mass is 9.75. The number of amidine groups is 1. The second kappa shape index (κ2) is 62.7. The van der Waals surface area contributed by atoms with Gasteiger partial charge in [0, 0.05) is 113 Å². The summed E-state index contributed by atoms with van der Waals surface area (Å²) in [5, 5.41) is 27.7. The number of ketones is 1. The fraction of sp³-hybridized carbons (Fsp3) is 0.877. The summed E-state index contributed by atoms with van der Waals surface area (Å²) in [6.45, 7) is 129. The maximum Gasteiger partial charge on any atom is 0.261 e. The summed E-state index contributed by atoms with van der Waals surface area (Å²) in [6.07, 6.45) is 13.1. The van der Waals surface area contributed by atoms with Crippen LogP contribution in [0.4, 0.5) is 0 Å². The van der Waals surface area contributed by atoms with Crippen LogP contribution in [0.25, 0.3) is 0 Å². The number of amides is 6. The summed E-state index contributed by atoms with van der Waals surface area (Å²) >= 11 is 6.54. The Morgan fingerprint density at radius 3 is 1.17 bits per heavy atom. The number of methoxy groups -OCH3 is 1. The van der Waals surface area contributed by atoms with E-state index in [1.807, 2.05) is 176 Å². The van der Waals surface area contributed by atoms with E-state index in [0.29, 0.717) is 56.1 Å². The Labute approximate surface area is 911 Å². The summed E-state index contributed by atoms with van der Waals surface area (Å²) in [4.78, 5) is 103. The second-order valence-electron chi connectivity index (χ2n) is 56.8. The molecule has 3 N–H and O–H groups in total. The highest BCUT2D eigenvalue weighted by Gasteiger charge is 2.49. The average Bonchev–Trinajstić information content (AvgIpc) is 1.65. The van der Waals surface area contributed by atoms with Crippen molar-refractivity contribution in [2.24, 2.45) is 59.4 Å². The van der Waals surface area contributed by atoms with Crippen molar-refractivity contribution in [3.63, 3.8) is 0 Å². The highest BCUT2D eigenvalue weighted by Crippen LogP contribution is 2.44. The SMILES string of the molecule is CC.CC(C)(C)C.CC(C)(C)N=C(N)CCSC1CC(=O)N(C(C)(C)C)C1=O.CC(C)(C)NC(=O)CON=C(C(C)(C)C)C(C)(C)C.CC(C)(C)ON=C(C(C)(C)C)C(C)(C)C.CC(C)(C)SC1CC(=O)N(C(C)(C)C)C1=O.CC(C)(C)SSC(C)(C)C.CC(C)(C)n1ccnn1.CC(C)(C)n1nnc2c1CCCCCC2.CC(C)C.CC(C)SCC(=O)C(C)(C)C.COC1CC(SC(C)(C)C)C(=O)N1C(C)(C)C. The first-order valence-corrected chi connectivity index (χ1v) is 58.6. The molecule has 6 rings (SSSR count). The summed E-state index contributed by atoms with van der Waals surface area (Å²) in [5.41, 5.74) is 9.26. The van der Waals surface area contributed by atoms with Crippen LogP contribution in [0.2, 0.25) is 0 Å². The predicted octanol–water partition coefficient (Wildman–Crippen LogP) is 30.3. The maximum absolute atomic E-state index is 12.4. The van der Waals surface area contributed by atoms with E-state index in [2.05, 4.69) is 337 Å². The number of oxime groups is 2. The Morgan fingerprint density at radius 1 is 0.486 bits per heavy atom. The van der Waals surface area contributed by atoms with E-state index in [4.69, 9.17) is 20.1 Å². The number of thioether (sulfide) groups is 4. The molecule has 0 spiro atoms. The first-order chi connectivity index (χ1) is 63.5. The molecular weight excluding hydrogens is 1920 g/mol. The van der Waals surface area contributed by atoms with Crippen LogP contribution in [0.5, 0.6) is 0 Å². The van der Waals surface area contributed by atoms with Crippen molar-refractivity contribution < 1.29 is 48.0 Å². The van der Waals surface area contributed by atoms with Gasteiger partial charge in [-0.15, -0.1) is 45.5 Å². The molecule has 2 aromatic rings. The Bertz CT molecular complexity index is 4050. The number of imide groups is 2. The van der Waals surface area contributed by atoms with Crippen molar-refractivity contribution in [1.82, 2.24) is 50.0 Å². The van der Waals surface area contributed by atoms with Crippen molar-refractivity contribution in [2.45, 2.75) is 584 Å². The van der Waals surface area contributed by atoms with Gasteiger partial charge in [-0.2, -0.15) is 11.8 Å². The van der Waals surface area contributed by atoms with Crippen molar-refractivity contribution >= 4 is 127 Å². The molecule has 4 aliphatic rings. The van der Waals surface area contributed by atoms with E-state index >= 15 is 0 Å². The Kier molecular flexibility index (Phi) is 65.5. The molecule has 1 aliphatic carbocycles. The molecule has 24 nitrogen and oxygen atoms in total. The third-order valence-corrected chi connectivity index (χ3v) is 27.5. The van der Waals surface area contributed by atoms with Crippen LogP contribution in [0, 0.1) is 38.4 Å². The fourth-order valence-corrected chi connectivity index (χ4v) is 20.0. The zero-order valence-electron chi connectivity index (χ0n) is 105. The summed E-state index contributed by atoms with van der Waals surface area (Å²) in [6, 6.07) is 0. The van der Waals surface area contributed by atoms with Crippen molar-refractivity contribution in [3.8, 4) is 0 Å². The van der Waals surface area contributed by atoms with Crippen LogP contribution < -0.4 is 11.1 Å². The van der Waals surface area contributed by atoms with Gasteiger partial charge in [-0.05, 0) is 208 Å². The van der Waals surface area contributed by atoms with E-state index in [1.54, 1.807) is 48.6 Å². The standard InChI is InChI=1S/C15H27N3O2S.C15H30N2O2.C13H25NO2S.C13H27NO.C12H21N3.C12H21NO2S.C9H18OS.C8H18S2.C6H11N3.C5H12.C4H10.C2H6/c1-14(2,3)17-11(16)7-8-21-10-9-12(19)18(13(10)20)15(4,5)6;1-13(2,3)12(14(4,5)6)17-19-10-11(18)16-15(7,8)9;1-12(2,3)14-10(16-7)8-9(11(14)15)17-13(4,5)6;1-11(2,3)10(12(4,5)6)14-15-13(7,8)9;1-12(2,3)15-11-9-7-5-4-6-8-10(11)13-14-15;1-11(2,3)13-9(14)7-8(10(13)15)16-12(4,5)6;1-7(2)11-6-8(10)9(3,4)5;1-7(2,3)9-10-8(4,5)6;1-6(2,3)9-5-4-7-8-9;1-5(2,3)4;1-4(2)3;1-2/h10H,7-9H2,1-6H3,(H2,16,17);10H2,1-9H3,(H,16,18);9-10H,8H2,1-7H3;1-9H3;4-9H2,1-3H3;8H,7H2,1-6H3;7H,6H2,1-5H3;1-6H3;4-5H,1-3H3;1-4H3;4H,1-3H3;1-2H3. The number of hydrogen-bond donors (Lipinski definition) is 2. The molecule has 0 aromatic carbocycles. The molecule has 30 heteroatoms. The topological polar surface area (TPSA) is 293 Å². The molecule has 4 atom stereocenters. The fourth-order valence-electron chi connectivity index (χ4n) is 13.4. The van der Waals surface area contributed by atoms with E-state index in [1.165, 1.54) is 58.6 Å². The molecule has 3 fully saturated rings. The minimum atomic E-state index is -0.448. The minimum Gasteiger partial charge on any atom is -0.390 e. The quantitative estimate of drug-likeness (QED) is 0.0550. The van der Waals surface area contributed by atoms with Gasteiger partial charge in [0.25, 0.3) is 5.91 Å². The number of rotatable bonds is 15. The van der Waals surface area contributed by atoms with Crippen LogP contribution in [0.1, 0.15) is 492 Å².